The largest absolute Gasteiger partial charge is 0.311 e. The molecule has 0 spiro atoms. The first-order chi connectivity index (χ1) is 10.2. The van der Waals surface area contributed by atoms with Crippen molar-refractivity contribution in [2.24, 2.45) is 11.8 Å². The third-order valence-corrected chi connectivity index (χ3v) is 5.30. The molecule has 4 atom stereocenters. The molecule has 1 aliphatic heterocycles. The highest BCUT2D eigenvalue weighted by molar-refractivity contribution is 4.90. The second kappa shape index (κ2) is 7.95. The summed E-state index contributed by atoms with van der Waals surface area (Å²) in [6.45, 7) is 13.7. The molecule has 1 saturated heterocycles. The van der Waals surface area contributed by atoms with Crippen LogP contribution in [0, 0.1) is 11.8 Å². The summed E-state index contributed by atoms with van der Waals surface area (Å²) in [5, 5.41) is 8.13. The monoisotopic (exact) mass is 292 g/mol. The molecule has 1 N–H and O–H groups in total. The van der Waals surface area contributed by atoms with Crippen molar-refractivity contribution < 1.29 is 0 Å². The molecule has 120 valence electrons. The van der Waals surface area contributed by atoms with Crippen molar-refractivity contribution in [1.29, 1.82) is 0 Å². The molecule has 2 heterocycles. The van der Waals surface area contributed by atoms with E-state index in [9.17, 15) is 0 Å². The highest BCUT2D eigenvalue weighted by atomic mass is 15.3. The molecule has 4 heteroatoms. The zero-order valence-electron chi connectivity index (χ0n) is 14.1. The summed E-state index contributed by atoms with van der Waals surface area (Å²) >= 11 is 0. The van der Waals surface area contributed by atoms with Crippen LogP contribution in [0.3, 0.4) is 0 Å². The number of hydrogen-bond acceptors (Lipinski definition) is 3. The molecule has 1 fully saturated rings. The van der Waals surface area contributed by atoms with Crippen LogP contribution in [0.15, 0.2) is 18.5 Å². The normalized spacial score (nSPS) is 26.7. The van der Waals surface area contributed by atoms with E-state index in [0.29, 0.717) is 12.1 Å². The predicted octanol–water partition coefficient (Wildman–Crippen LogP) is 2.62. The Kier molecular flexibility index (Phi) is 6.24. The third kappa shape index (κ3) is 4.30. The fourth-order valence-corrected chi connectivity index (χ4v) is 3.27. The van der Waals surface area contributed by atoms with E-state index in [2.05, 4.69) is 49.2 Å². The summed E-state index contributed by atoms with van der Waals surface area (Å²) in [5.74, 6) is 1.49. The smallest absolute Gasteiger partial charge is 0.0536 e. The number of nitrogens with zero attached hydrogens (tertiary/aromatic N) is 3. The Hall–Kier alpha value is -0.870. The van der Waals surface area contributed by atoms with Gasteiger partial charge in [-0.1, -0.05) is 40.5 Å². The second-order valence-corrected chi connectivity index (χ2v) is 6.62. The Bertz CT molecular complexity index is 390. The number of hydrogen-bond donors (Lipinski definition) is 1. The molecule has 1 aromatic heterocycles. The van der Waals surface area contributed by atoms with E-state index in [-0.39, 0.29) is 0 Å². The van der Waals surface area contributed by atoms with Gasteiger partial charge in [-0.3, -0.25) is 9.58 Å². The van der Waals surface area contributed by atoms with Crippen molar-refractivity contribution in [1.82, 2.24) is 20.0 Å². The molecule has 4 unspecified atom stereocenters. The average Bonchev–Trinajstić information content (AvgIpc) is 3.04. The van der Waals surface area contributed by atoms with Crippen LogP contribution < -0.4 is 5.32 Å². The fraction of sp³-hybridized carbons (Fsp3) is 0.824. The maximum Gasteiger partial charge on any atom is 0.0536 e. The lowest BCUT2D eigenvalue weighted by Gasteiger charge is -2.44. The Morgan fingerprint density at radius 3 is 2.57 bits per heavy atom. The number of nitrogens with one attached hydrogen (secondary N) is 1. The molecule has 2 rings (SSSR count). The Morgan fingerprint density at radius 1 is 1.19 bits per heavy atom. The van der Waals surface area contributed by atoms with Crippen molar-refractivity contribution in [3.8, 4) is 0 Å². The third-order valence-electron chi connectivity index (χ3n) is 5.30. The number of piperazine rings is 1. The minimum absolute atomic E-state index is 0.632. The van der Waals surface area contributed by atoms with Crippen molar-refractivity contribution in [2.75, 3.05) is 19.6 Å². The fourth-order valence-electron chi connectivity index (χ4n) is 3.27. The molecular weight excluding hydrogens is 260 g/mol. The van der Waals surface area contributed by atoms with Gasteiger partial charge in [0.25, 0.3) is 0 Å². The summed E-state index contributed by atoms with van der Waals surface area (Å²) in [4.78, 5) is 2.70. The summed E-state index contributed by atoms with van der Waals surface area (Å²) < 4.78 is 2.05. The zero-order chi connectivity index (χ0) is 15.2. The molecule has 1 aliphatic rings. The first kappa shape index (κ1) is 16.5. The highest BCUT2D eigenvalue weighted by Crippen LogP contribution is 2.21. The lowest BCUT2D eigenvalue weighted by atomic mass is 9.90. The van der Waals surface area contributed by atoms with Gasteiger partial charge >= 0.3 is 0 Å². The van der Waals surface area contributed by atoms with Crippen molar-refractivity contribution in [3.05, 3.63) is 18.5 Å². The van der Waals surface area contributed by atoms with Crippen LogP contribution >= 0.6 is 0 Å². The Labute approximate surface area is 129 Å². The van der Waals surface area contributed by atoms with E-state index < -0.39 is 0 Å². The first-order valence-electron chi connectivity index (χ1n) is 8.60. The second-order valence-electron chi connectivity index (χ2n) is 6.62. The summed E-state index contributed by atoms with van der Waals surface area (Å²) in [6, 6.07) is 3.30. The van der Waals surface area contributed by atoms with E-state index in [4.69, 9.17) is 0 Å². The van der Waals surface area contributed by atoms with Gasteiger partial charge in [0.05, 0.1) is 6.54 Å². The summed E-state index contributed by atoms with van der Waals surface area (Å²) in [5.41, 5.74) is 0. The van der Waals surface area contributed by atoms with Crippen LogP contribution in [0.2, 0.25) is 0 Å². The highest BCUT2D eigenvalue weighted by Gasteiger charge is 2.32. The van der Waals surface area contributed by atoms with E-state index in [1.54, 1.807) is 0 Å². The van der Waals surface area contributed by atoms with Gasteiger partial charge in [0.1, 0.15) is 0 Å². The van der Waals surface area contributed by atoms with E-state index in [1.807, 2.05) is 16.9 Å². The lowest BCUT2D eigenvalue weighted by Crippen LogP contribution is -2.60. The first-order valence-corrected chi connectivity index (χ1v) is 8.60. The van der Waals surface area contributed by atoms with E-state index >= 15 is 0 Å². The molecule has 0 bridgehead atoms. The molecule has 21 heavy (non-hydrogen) atoms. The maximum atomic E-state index is 4.34. The number of aromatic nitrogens is 2. The Balaban J connectivity index is 1.98. The summed E-state index contributed by atoms with van der Waals surface area (Å²) in [7, 11) is 0. The van der Waals surface area contributed by atoms with Gasteiger partial charge in [-0.25, -0.2) is 0 Å². The van der Waals surface area contributed by atoms with Gasteiger partial charge in [-0.05, 0) is 17.9 Å². The molecule has 1 aromatic rings. The zero-order valence-corrected chi connectivity index (χ0v) is 14.1. The van der Waals surface area contributed by atoms with Gasteiger partial charge < -0.3 is 5.32 Å². The van der Waals surface area contributed by atoms with Gasteiger partial charge in [0.15, 0.2) is 0 Å². The van der Waals surface area contributed by atoms with Crippen molar-refractivity contribution in [3.63, 3.8) is 0 Å². The molecule has 4 nitrogen and oxygen atoms in total. The van der Waals surface area contributed by atoms with Crippen LogP contribution in [-0.4, -0.2) is 46.4 Å². The topological polar surface area (TPSA) is 33.1 Å². The standard InChI is InChI=1S/C17H32N4/c1-5-14(3)16-13-20(10-11-21-9-7-8-19-21)17(12-18-16)15(4)6-2/h7-9,14-18H,5-6,10-13H2,1-4H3. The van der Waals surface area contributed by atoms with Gasteiger partial charge in [-0.15, -0.1) is 0 Å². The molecule has 0 amide bonds. The van der Waals surface area contributed by atoms with Crippen LogP contribution in [0.25, 0.3) is 0 Å². The van der Waals surface area contributed by atoms with Crippen LogP contribution in [-0.2, 0) is 6.54 Å². The van der Waals surface area contributed by atoms with E-state index in [0.717, 1.165) is 31.5 Å². The lowest BCUT2D eigenvalue weighted by molar-refractivity contribution is 0.0719. The van der Waals surface area contributed by atoms with Crippen molar-refractivity contribution >= 4 is 0 Å². The van der Waals surface area contributed by atoms with Crippen LogP contribution in [0.5, 0.6) is 0 Å². The van der Waals surface area contributed by atoms with Crippen LogP contribution in [0.1, 0.15) is 40.5 Å². The maximum absolute atomic E-state index is 4.34. The van der Waals surface area contributed by atoms with Gasteiger partial charge in [0, 0.05) is 44.1 Å². The minimum atomic E-state index is 0.632. The van der Waals surface area contributed by atoms with Gasteiger partial charge in [-0.2, -0.15) is 5.10 Å². The number of rotatable bonds is 7. The van der Waals surface area contributed by atoms with Crippen LogP contribution in [0.4, 0.5) is 0 Å². The van der Waals surface area contributed by atoms with E-state index in [1.165, 1.54) is 19.4 Å². The summed E-state index contributed by atoms with van der Waals surface area (Å²) in [6.07, 6.45) is 6.43. The quantitative estimate of drug-likeness (QED) is 0.838. The molecule has 0 aliphatic carbocycles. The van der Waals surface area contributed by atoms with Gasteiger partial charge in [0.2, 0.25) is 0 Å². The Morgan fingerprint density at radius 2 is 1.95 bits per heavy atom. The average molecular weight is 292 g/mol. The predicted molar refractivity (Wildman–Crippen MR) is 88.3 cm³/mol. The molecule has 0 saturated carbocycles. The molecular formula is C17H32N4. The minimum Gasteiger partial charge on any atom is -0.311 e. The molecule has 0 aromatic carbocycles. The SMILES string of the molecule is CCC(C)C1CN(CCn2cccn2)C(C(C)CC)CN1. The molecule has 0 radical (unpaired) electrons. The van der Waals surface area contributed by atoms with Crippen molar-refractivity contribution in [2.45, 2.75) is 59.2 Å².